The molecule has 0 radical (unpaired) electrons. The molecule has 2 atom stereocenters. The predicted molar refractivity (Wildman–Crippen MR) is 83.6 cm³/mol. The van der Waals surface area contributed by atoms with Gasteiger partial charge >= 0.3 is 0 Å². The molecule has 2 aliphatic carbocycles. The fourth-order valence-electron chi connectivity index (χ4n) is 4.18. The highest BCUT2D eigenvalue weighted by atomic mass is 32.2. The summed E-state index contributed by atoms with van der Waals surface area (Å²) in [5, 5.41) is 0. The van der Waals surface area contributed by atoms with Gasteiger partial charge in [-0.25, -0.2) is 0 Å². The summed E-state index contributed by atoms with van der Waals surface area (Å²) in [5.41, 5.74) is -0.203. The molecule has 1 aromatic carbocycles. The highest BCUT2D eigenvalue weighted by molar-refractivity contribution is 7.86. The van der Waals surface area contributed by atoms with Crippen LogP contribution < -0.4 is 0 Å². The van der Waals surface area contributed by atoms with Crippen LogP contribution in [-0.4, -0.2) is 20.0 Å². The Balaban J connectivity index is 1.75. The van der Waals surface area contributed by atoms with Crippen LogP contribution in [0.5, 0.6) is 0 Å². The largest absolute Gasteiger partial charge is 0.299 e. The standard InChI is InChI=1S/C17H22O4S/c1-16(2)14-8-9-17(16,15(18)10-14)12-22(19,20)21-11-13-6-4-3-5-7-13/h3-7,14H,8-12H2,1-2H3/t14?,17-/m0/s1. The highest BCUT2D eigenvalue weighted by Gasteiger charge is 2.65. The third-order valence-electron chi connectivity index (χ3n) is 5.81. The number of fused-ring (bicyclic) bond motifs is 2. The number of rotatable bonds is 5. The fraction of sp³-hybridized carbons (Fsp3) is 0.588. The van der Waals surface area contributed by atoms with Gasteiger partial charge in [0.2, 0.25) is 0 Å². The average Bonchev–Trinajstić information content (AvgIpc) is 2.80. The lowest BCUT2D eigenvalue weighted by Gasteiger charge is -2.35. The fourth-order valence-corrected chi connectivity index (χ4v) is 5.86. The summed E-state index contributed by atoms with van der Waals surface area (Å²) in [6.07, 6.45) is 2.12. The van der Waals surface area contributed by atoms with Crippen molar-refractivity contribution in [3.05, 3.63) is 35.9 Å². The van der Waals surface area contributed by atoms with Crippen LogP contribution in [0.2, 0.25) is 0 Å². The lowest BCUT2D eigenvalue weighted by Crippen LogP contribution is -2.42. The van der Waals surface area contributed by atoms with Crippen molar-refractivity contribution in [1.82, 2.24) is 0 Å². The maximum Gasteiger partial charge on any atom is 0.268 e. The van der Waals surface area contributed by atoms with Gasteiger partial charge < -0.3 is 0 Å². The topological polar surface area (TPSA) is 60.4 Å². The van der Waals surface area contributed by atoms with Crippen LogP contribution in [0.25, 0.3) is 0 Å². The third-order valence-corrected chi connectivity index (χ3v) is 7.13. The lowest BCUT2D eigenvalue weighted by molar-refractivity contribution is -0.128. The summed E-state index contributed by atoms with van der Waals surface area (Å²) in [6.45, 7) is 4.09. The molecule has 5 heteroatoms. The second-order valence-corrected chi connectivity index (χ2v) is 8.76. The maximum absolute atomic E-state index is 12.4. The summed E-state index contributed by atoms with van der Waals surface area (Å²) in [7, 11) is -3.73. The van der Waals surface area contributed by atoms with Gasteiger partial charge in [-0.1, -0.05) is 44.2 Å². The summed E-state index contributed by atoms with van der Waals surface area (Å²) in [4.78, 5) is 12.4. The molecule has 0 spiro atoms. The highest BCUT2D eigenvalue weighted by Crippen LogP contribution is 2.64. The molecule has 2 saturated carbocycles. The predicted octanol–water partition coefficient (Wildman–Crippen LogP) is 2.93. The molecule has 1 unspecified atom stereocenters. The van der Waals surface area contributed by atoms with Crippen LogP contribution in [0.1, 0.15) is 38.7 Å². The van der Waals surface area contributed by atoms with Gasteiger partial charge in [-0.05, 0) is 29.7 Å². The molecule has 2 bridgehead atoms. The van der Waals surface area contributed by atoms with E-state index in [-0.39, 0.29) is 23.6 Å². The van der Waals surface area contributed by atoms with E-state index in [0.717, 1.165) is 12.0 Å². The molecule has 0 aromatic heterocycles. The second-order valence-electron chi connectivity index (χ2n) is 7.12. The van der Waals surface area contributed by atoms with Gasteiger partial charge in [-0.2, -0.15) is 8.42 Å². The van der Waals surface area contributed by atoms with Crippen LogP contribution >= 0.6 is 0 Å². The molecule has 4 nitrogen and oxygen atoms in total. The first-order valence-corrected chi connectivity index (χ1v) is 9.29. The van der Waals surface area contributed by atoms with Crippen molar-refractivity contribution >= 4 is 15.9 Å². The van der Waals surface area contributed by atoms with Crippen LogP contribution in [0.3, 0.4) is 0 Å². The van der Waals surface area contributed by atoms with E-state index in [1.54, 1.807) is 0 Å². The zero-order valence-electron chi connectivity index (χ0n) is 13.0. The SMILES string of the molecule is CC1(C)C2CC[C@]1(CS(=O)(=O)OCc1ccccc1)C(=O)C2. The van der Waals surface area contributed by atoms with E-state index in [1.807, 2.05) is 44.2 Å². The van der Waals surface area contributed by atoms with Gasteiger partial charge in [0.05, 0.1) is 17.8 Å². The van der Waals surface area contributed by atoms with Gasteiger partial charge in [-0.3, -0.25) is 8.98 Å². The van der Waals surface area contributed by atoms with E-state index in [9.17, 15) is 13.2 Å². The van der Waals surface area contributed by atoms with E-state index in [1.165, 1.54) is 0 Å². The minimum absolute atomic E-state index is 0.0251. The minimum atomic E-state index is -3.73. The zero-order chi connectivity index (χ0) is 16.0. The Labute approximate surface area is 132 Å². The number of hydrogen-bond donors (Lipinski definition) is 0. The number of ketones is 1. The Bertz CT molecular complexity index is 678. The van der Waals surface area contributed by atoms with Crippen molar-refractivity contribution in [3.8, 4) is 0 Å². The Morgan fingerprint density at radius 2 is 1.91 bits per heavy atom. The molecule has 22 heavy (non-hydrogen) atoms. The van der Waals surface area contributed by atoms with E-state index in [0.29, 0.717) is 18.8 Å². The normalized spacial score (nSPS) is 29.9. The number of carbonyl (C=O) groups is 1. The van der Waals surface area contributed by atoms with Crippen LogP contribution in [0, 0.1) is 16.7 Å². The monoisotopic (exact) mass is 322 g/mol. The molecule has 0 saturated heterocycles. The number of Topliss-reactive ketones (excluding diaryl/α,β-unsaturated/α-hetero) is 1. The van der Waals surface area contributed by atoms with E-state index < -0.39 is 15.5 Å². The zero-order valence-corrected chi connectivity index (χ0v) is 13.9. The van der Waals surface area contributed by atoms with E-state index in [2.05, 4.69) is 0 Å². The molecule has 2 aliphatic rings. The summed E-state index contributed by atoms with van der Waals surface area (Å²) < 4.78 is 30.0. The van der Waals surface area contributed by atoms with Crippen molar-refractivity contribution in [2.45, 2.75) is 39.7 Å². The number of benzene rings is 1. The molecule has 0 N–H and O–H groups in total. The lowest BCUT2D eigenvalue weighted by atomic mass is 9.70. The van der Waals surface area contributed by atoms with Crippen molar-refractivity contribution in [2.75, 3.05) is 5.75 Å². The van der Waals surface area contributed by atoms with Gasteiger partial charge in [0.1, 0.15) is 5.78 Å². The Hall–Kier alpha value is -1.20. The van der Waals surface area contributed by atoms with Crippen molar-refractivity contribution in [2.24, 2.45) is 16.7 Å². The molecule has 0 heterocycles. The molecular formula is C17H22O4S. The number of hydrogen-bond acceptors (Lipinski definition) is 4. The summed E-state index contributed by atoms with van der Waals surface area (Å²) in [6, 6.07) is 9.20. The Morgan fingerprint density at radius 3 is 2.45 bits per heavy atom. The van der Waals surface area contributed by atoms with Crippen molar-refractivity contribution in [3.63, 3.8) is 0 Å². The first-order chi connectivity index (χ1) is 10.3. The molecular weight excluding hydrogens is 300 g/mol. The number of carbonyl (C=O) groups excluding carboxylic acids is 1. The average molecular weight is 322 g/mol. The first-order valence-electron chi connectivity index (χ1n) is 7.71. The van der Waals surface area contributed by atoms with E-state index >= 15 is 0 Å². The van der Waals surface area contributed by atoms with Crippen LogP contribution in [0.4, 0.5) is 0 Å². The smallest absolute Gasteiger partial charge is 0.268 e. The molecule has 2 fully saturated rings. The van der Waals surface area contributed by atoms with E-state index in [4.69, 9.17) is 4.18 Å². The van der Waals surface area contributed by atoms with Crippen molar-refractivity contribution in [1.29, 1.82) is 0 Å². The van der Waals surface area contributed by atoms with Gasteiger partial charge in [-0.15, -0.1) is 0 Å². The molecule has 0 aliphatic heterocycles. The van der Waals surface area contributed by atoms with Gasteiger partial charge in [0, 0.05) is 6.42 Å². The minimum Gasteiger partial charge on any atom is -0.299 e. The summed E-state index contributed by atoms with van der Waals surface area (Å²) in [5.74, 6) is 0.222. The third kappa shape index (κ3) is 2.40. The molecule has 0 amide bonds. The molecule has 1 aromatic rings. The maximum atomic E-state index is 12.4. The first kappa shape index (κ1) is 15.7. The molecule has 120 valence electrons. The Morgan fingerprint density at radius 1 is 1.23 bits per heavy atom. The Kier molecular flexibility index (Phi) is 3.68. The molecule has 3 rings (SSSR count). The van der Waals surface area contributed by atoms with Crippen molar-refractivity contribution < 1.29 is 17.4 Å². The summed E-state index contributed by atoms with van der Waals surface area (Å²) >= 11 is 0. The van der Waals surface area contributed by atoms with Gasteiger partial charge in [0.15, 0.2) is 0 Å². The van der Waals surface area contributed by atoms with Crippen LogP contribution in [-0.2, 0) is 25.7 Å². The quantitative estimate of drug-likeness (QED) is 0.782. The second kappa shape index (κ2) is 5.17. The van der Waals surface area contributed by atoms with Gasteiger partial charge in [0.25, 0.3) is 10.1 Å². The van der Waals surface area contributed by atoms with Crippen LogP contribution in [0.15, 0.2) is 30.3 Å².